The zero-order chi connectivity index (χ0) is 21.0. The first kappa shape index (κ1) is 20.8. The number of benzene rings is 1. The van der Waals surface area contributed by atoms with Crippen LogP contribution in [0.1, 0.15) is 32.6 Å². The van der Waals surface area contributed by atoms with Crippen LogP contribution < -0.4 is 4.90 Å². The minimum absolute atomic E-state index is 0.000141. The van der Waals surface area contributed by atoms with Gasteiger partial charge in [-0.15, -0.1) is 0 Å². The molecule has 9 heteroatoms. The number of esters is 1. The second-order valence-electron chi connectivity index (χ2n) is 7.09. The number of halogens is 1. The summed E-state index contributed by atoms with van der Waals surface area (Å²) in [5.74, 6) is -1.72. The van der Waals surface area contributed by atoms with Gasteiger partial charge in [0.25, 0.3) is 0 Å². The summed E-state index contributed by atoms with van der Waals surface area (Å²) in [6.07, 6.45) is 1.60. The van der Waals surface area contributed by atoms with Crippen LogP contribution in [0.2, 0.25) is 0 Å². The SMILES string of the molecule is CCOC(=O)CCC(=O)N(CC(=O)N1CC(=O)N(c2ccc(F)cc2)C1)C1CC1. The van der Waals surface area contributed by atoms with Crippen LogP contribution in [0, 0.1) is 5.82 Å². The molecule has 1 aliphatic heterocycles. The van der Waals surface area contributed by atoms with E-state index in [1.165, 1.54) is 39.0 Å². The van der Waals surface area contributed by atoms with Gasteiger partial charge in [0.05, 0.1) is 13.0 Å². The van der Waals surface area contributed by atoms with Crippen LogP contribution >= 0.6 is 0 Å². The van der Waals surface area contributed by atoms with Gasteiger partial charge in [-0.05, 0) is 44.0 Å². The summed E-state index contributed by atoms with van der Waals surface area (Å²) in [5.41, 5.74) is 0.510. The fourth-order valence-corrected chi connectivity index (χ4v) is 3.20. The molecule has 3 rings (SSSR count). The summed E-state index contributed by atoms with van der Waals surface area (Å²) in [5, 5.41) is 0. The van der Waals surface area contributed by atoms with Crippen LogP contribution in [0.5, 0.6) is 0 Å². The molecule has 2 fully saturated rings. The van der Waals surface area contributed by atoms with Crippen molar-refractivity contribution in [2.45, 2.75) is 38.6 Å². The fourth-order valence-electron chi connectivity index (χ4n) is 3.20. The molecule has 0 aromatic heterocycles. The molecule has 1 saturated heterocycles. The minimum atomic E-state index is -0.442. The van der Waals surface area contributed by atoms with Crippen LogP contribution in [-0.4, -0.2) is 65.9 Å². The van der Waals surface area contributed by atoms with Gasteiger partial charge in [-0.1, -0.05) is 0 Å². The van der Waals surface area contributed by atoms with Crippen LogP contribution in [0.4, 0.5) is 10.1 Å². The van der Waals surface area contributed by atoms with Gasteiger partial charge >= 0.3 is 5.97 Å². The summed E-state index contributed by atoms with van der Waals surface area (Å²) in [7, 11) is 0. The van der Waals surface area contributed by atoms with E-state index in [0.29, 0.717) is 5.69 Å². The van der Waals surface area contributed by atoms with Gasteiger partial charge in [-0.3, -0.25) is 24.1 Å². The van der Waals surface area contributed by atoms with E-state index in [1.54, 1.807) is 6.92 Å². The van der Waals surface area contributed by atoms with Crippen molar-refractivity contribution >= 4 is 29.4 Å². The Hall–Kier alpha value is -2.97. The molecule has 3 amide bonds. The molecular formula is C20H24FN3O5. The molecule has 0 unspecified atom stereocenters. The molecule has 1 aliphatic carbocycles. The Kier molecular flexibility index (Phi) is 6.46. The number of ether oxygens (including phenoxy) is 1. The number of rotatable bonds is 8. The Morgan fingerprint density at radius 2 is 1.86 bits per heavy atom. The largest absolute Gasteiger partial charge is 0.466 e. The van der Waals surface area contributed by atoms with Crippen molar-refractivity contribution in [2.75, 3.05) is 31.3 Å². The lowest BCUT2D eigenvalue weighted by Crippen LogP contribution is -2.43. The Bertz CT molecular complexity index is 794. The predicted molar refractivity (Wildman–Crippen MR) is 101 cm³/mol. The van der Waals surface area contributed by atoms with Gasteiger partial charge in [0.1, 0.15) is 25.6 Å². The third-order valence-corrected chi connectivity index (χ3v) is 4.89. The molecule has 1 saturated carbocycles. The van der Waals surface area contributed by atoms with Crippen LogP contribution in [0.25, 0.3) is 0 Å². The quantitative estimate of drug-likeness (QED) is 0.609. The lowest BCUT2D eigenvalue weighted by Gasteiger charge is -2.25. The van der Waals surface area contributed by atoms with Gasteiger partial charge in [0.15, 0.2) is 0 Å². The highest BCUT2D eigenvalue weighted by Gasteiger charge is 2.37. The van der Waals surface area contributed by atoms with E-state index in [1.807, 2.05) is 0 Å². The van der Waals surface area contributed by atoms with Gasteiger partial charge in [0, 0.05) is 18.2 Å². The third kappa shape index (κ3) is 5.30. The van der Waals surface area contributed by atoms with E-state index in [2.05, 4.69) is 0 Å². The average Bonchev–Trinajstić information content (AvgIpc) is 3.46. The molecule has 0 spiro atoms. The number of hydrogen-bond acceptors (Lipinski definition) is 5. The molecule has 1 heterocycles. The summed E-state index contributed by atoms with van der Waals surface area (Å²) in [6, 6.07) is 5.47. The molecule has 1 aromatic carbocycles. The lowest BCUT2D eigenvalue weighted by molar-refractivity contribution is -0.146. The number of carbonyl (C=O) groups excluding carboxylic acids is 4. The molecule has 0 N–H and O–H groups in total. The standard InChI is InChI=1S/C20H24FN3O5/c1-2-29-20(28)10-9-17(25)23(15-7-8-15)12-18(26)22-11-19(27)24(13-22)16-5-3-14(21)4-6-16/h3-6,15H,2,7-13H2,1H3. The van der Waals surface area contributed by atoms with Crippen molar-refractivity contribution in [1.82, 2.24) is 9.80 Å². The second-order valence-corrected chi connectivity index (χ2v) is 7.09. The van der Waals surface area contributed by atoms with Crippen molar-refractivity contribution in [2.24, 2.45) is 0 Å². The van der Waals surface area contributed by atoms with Gasteiger partial charge < -0.3 is 14.5 Å². The molecule has 0 bridgehead atoms. The summed E-state index contributed by atoms with van der Waals surface area (Å²) in [6.45, 7) is 1.79. The maximum absolute atomic E-state index is 13.1. The van der Waals surface area contributed by atoms with E-state index in [-0.39, 0.29) is 63.0 Å². The van der Waals surface area contributed by atoms with Crippen molar-refractivity contribution in [3.63, 3.8) is 0 Å². The topological polar surface area (TPSA) is 87.2 Å². The number of amides is 3. The second kappa shape index (κ2) is 9.02. The fraction of sp³-hybridized carbons (Fsp3) is 0.500. The van der Waals surface area contributed by atoms with Crippen LogP contribution in [-0.2, 0) is 23.9 Å². The summed E-state index contributed by atoms with van der Waals surface area (Å²) < 4.78 is 17.9. The lowest BCUT2D eigenvalue weighted by atomic mass is 10.2. The zero-order valence-corrected chi connectivity index (χ0v) is 16.3. The molecule has 1 aromatic rings. The molecule has 156 valence electrons. The Morgan fingerprint density at radius 1 is 1.17 bits per heavy atom. The number of hydrogen-bond donors (Lipinski definition) is 0. The number of anilines is 1. The van der Waals surface area contributed by atoms with Crippen LogP contribution in [0.3, 0.4) is 0 Å². The number of carbonyl (C=O) groups is 4. The molecule has 0 radical (unpaired) electrons. The van der Waals surface area contributed by atoms with E-state index >= 15 is 0 Å². The first-order valence-corrected chi connectivity index (χ1v) is 9.67. The molecule has 2 aliphatic rings. The Morgan fingerprint density at radius 3 is 2.48 bits per heavy atom. The number of nitrogens with zero attached hydrogens (tertiary/aromatic N) is 3. The highest BCUT2D eigenvalue weighted by Crippen LogP contribution is 2.28. The predicted octanol–water partition coefficient (Wildman–Crippen LogP) is 1.29. The smallest absolute Gasteiger partial charge is 0.306 e. The third-order valence-electron chi connectivity index (χ3n) is 4.89. The summed E-state index contributed by atoms with van der Waals surface area (Å²) >= 11 is 0. The monoisotopic (exact) mass is 405 g/mol. The highest BCUT2D eigenvalue weighted by atomic mass is 19.1. The Labute approximate surface area is 168 Å². The van der Waals surface area contributed by atoms with Gasteiger partial charge in [-0.2, -0.15) is 0 Å². The first-order valence-electron chi connectivity index (χ1n) is 9.67. The van der Waals surface area contributed by atoms with E-state index in [0.717, 1.165) is 12.8 Å². The van der Waals surface area contributed by atoms with Crippen molar-refractivity contribution in [3.05, 3.63) is 30.1 Å². The molecular weight excluding hydrogens is 381 g/mol. The molecule has 29 heavy (non-hydrogen) atoms. The zero-order valence-electron chi connectivity index (χ0n) is 16.3. The van der Waals surface area contributed by atoms with Gasteiger partial charge in [-0.25, -0.2) is 4.39 Å². The summed E-state index contributed by atoms with van der Waals surface area (Å²) in [4.78, 5) is 53.2. The molecule has 8 nitrogen and oxygen atoms in total. The maximum Gasteiger partial charge on any atom is 0.306 e. The Balaban J connectivity index is 1.57. The van der Waals surface area contributed by atoms with Crippen molar-refractivity contribution in [1.29, 1.82) is 0 Å². The van der Waals surface area contributed by atoms with Crippen molar-refractivity contribution in [3.8, 4) is 0 Å². The minimum Gasteiger partial charge on any atom is -0.466 e. The van der Waals surface area contributed by atoms with Crippen molar-refractivity contribution < 1.29 is 28.3 Å². The van der Waals surface area contributed by atoms with E-state index in [4.69, 9.17) is 4.74 Å². The van der Waals surface area contributed by atoms with Crippen LogP contribution in [0.15, 0.2) is 24.3 Å². The molecule has 0 atom stereocenters. The van der Waals surface area contributed by atoms with E-state index < -0.39 is 11.8 Å². The normalized spacial score (nSPS) is 16.1. The van der Waals surface area contributed by atoms with E-state index in [9.17, 15) is 23.6 Å². The maximum atomic E-state index is 13.1. The first-order chi connectivity index (χ1) is 13.9. The van der Waals surface area contributed by atoms with Gasteiger partial charge in [0.2, 0.25) is 17.7 Å². The average molecular weight is 405 g/mol. The highest BCUT2D eigenvalue weighted by molar-refractivity contribution is 6.00.